The number of ether oxygens (including phenoxy) is 4. The van der Waals surface area contributed by atoms with Crippen LogP contribution in [-0.2, 0) is 14.3 Å². The van der Waals surface area contributed by atoms with Gasteiger partial charge in [-0.3, -0.25) is 14.9 Å². The van der Waals surface area contributed by atoms with Gasteiger partial charge in [-0.2, -0.15) is 12.6 Å². The first kappa shape index (κ1) is 29.5. The largest absolute Gasteiger partial charge is 0.491 e. The van der Waals surface area contributed by atoms with Crippen LogP contribution in [0.2, 0.25) is 0 Å². The van der Waals surface area contributed by atoms with E-state index in [1.165, 1.54) is 6.92 Å². The third-order valence-corrected chi connectivity index (χ3v) is 5.74. The maximum absolute atomic E-state index is 13.0. The minimum absolute atomic E-state index is 0.00554. The van der Waals surface area contributed by atoms with Crippen LogP contribution in [0.15, 0.2) is 78.9 Å². The van der Waals surface area contributed by atoms with Crippen LogP contribution in [-0.4, -0.2) is 54.6 Å². The van der Waals surface area contributed by atoms with Gasteiger partial charge in [0.1, 0.15) is 24.2 Å². The number of ketones is 1. The molecule has 0 aliphatic heterocycles. The summed E-state index contributed by atoms with van der Waals surface area (Å²) in [7, 11) is 0. The summed E-state index contributed by atoms with van der Waals surface area (Å²) in [6, 6.07) is 22.3. The molecule has 9 nitrogen and oxygen atoms in total. The van der Waals surface area contributed by atoms with E-state index in [2.05, 4.69) is 17.9 Å². The summed E-state index contributed by atoms with van der Waals surface area (Å²) < 4.78 is 22.9. The SMILES string of the molecule is CC(=O)c1ccc(NC(=O)O[C@H](c2cccc(OCCO)c2)[C@@H](CCOC(=O)CS)Oc2ccccc2)cc1. The van der Waals surface area contributed by atoms with Gasteiger partial charge < -0.3 is 24.1 Å². The molecule has 0 fully saturated rings. The number of carbonyl (C=O) groups is 3. The van der Waals surface area contributed by atoms with Crippen LogP contribution in [0.1, 0.15) is 35.4 Å². The topological polar surface area (TPSA) is 120 Å². The zero-order valence-corrected chi connectivity index (χ0v) is 22.3. The Balaban J connectivity index is 1.89. The van der Waals surface area contributed by atoms with Crippen molar-refractivity contribution in [1.82, 2.24) is 0 Å². The lowest BCUT2D eigenvalue weighted by molar-refractivity contribution is -0.141. The lowest BCUT2D eigenvalue weighted by atomic mass is 10.0. The fourth-order valence-electron chi connectivity index (χ4n) is 3.63. The predicted molar refractivity (Wildman–Crippen MR) is 149 cm³/mol. The molecule has 2 atom stereocenters. The van der Waals surface area contributed by atoms with E-state index in [0.29, 0.717) is 28.3 Å². The van der Waals surface area contributed by atoms with Gasteiger partial charge in [-0.1, -0.05) is 30.3 Å². The Kier molecular flexibility index (Phi) is 11.7. The van der Waals surface area contributed by atoms with Crippen LogP contribution < -0.4 is 14.8 Å². The van der Waals surface area contributed by atoms with E-state index in [0.717, 1.165) is 0 Å². The number of Topliss-reactive ketones (excluding diaryl/α,β-unsaturated/α-hetero) is 1. The van der Waals surface area contributed by atoms with Gasteiger partial charge in [0.25, 0.3) is 0 Å². The molecule has 3 rings (SSSR count). The summed E-state index contributed by atoms with van der Waals surface area (Å²) in [4.78, 5) is 36.3. The van der Waals surface area contributed by atoms with Gasteiger partial charge in [0.05, 0.1) is 19.0 Å². The fourth-order valence-corrected chi connectivity index (χ4v) is 3.73. The van der Waals surface area contributed by atoms with Crippen molar-refractivity contribution in [1.29, 1.82) is 0 Å². The minimum Gasteiger partial charge on any atom is -0.491 e. The number of benzene rings is 3. The van der Waals surface area contributed by atoms with E-state index in [4.69, 9.17) is 24.1 Å². The molecule has 0 radical (unpaired) electrons. The van der Waals surface area contributed by atoms with Gasteiger partial charge in [-0.25, -0.2) is 4.79 Å². The Morgan fingerprint density at radius 1 is 0.923 bits per heavy atom. The normalized spacial score (nSPS) is 12.1. The molecular weight excluding hydrogens is 522 g/mol. The van der Waals surface area contributed by atoms with E-state index < -0.39 is 24.3 Å². The molecule has 0 heterocycles. The summed E-state index contributed by atoms with van der Waals surface area (Å²) in [5.74, 6) is 0.353. The fraction of sp³-hybridized carbons (Fsp3) is 0.276. The Morgan fingerprint density at radius 2 is 1.64 bits per heavy atom. The van der Waals surface area contributed by atoms with E-state index in [1.54, 1.807) is 60.7 Å². The van der Waals surface area contributed by atoms with E-state index in [-0.39, 0.29) is 37.8 Å². The number of amides is 1. The second kappa shape index (κ2) is 15.4. The van der Waals surface area contributed by atoms with E-state index >= 15 is 0 Å². The van der Waals surface area contributed by atoms with Crippen molar-refractivity contribution in [3.63, 3.8) is 0 Å². The van der Waals surface area contributed by atoms with E-state index in [9.17, 15) is 14.4 Å². The number of anilines is 1. The number of nitrogens with one attached hydrogen (secondary N) is 1. The molecule has 0 unspecified atom stereocenters. The number of rotatable bonds is 14. The molecule has 0 saturated heterocycles. The number of hydrogen-bond donors (Lipinski definition) is 3. The van der Waals surface area contributed by atoms with Crippen molar-refractivity contribution in [2.24, 2.45) is 0 Å². The summed E-state index contributed by atoms with van der Waals surface area (Å²) in [6.07, 6.45) is -2.28. The third kappa shape index (κ3) is 9.66. The van der Waals surface area contributed by atoms with Gasteiger partial charge in [-0.05, 0) is 61.0 Å². The van der Waals surface area contributed by atoms with Crippen molar-refractivity contribution in [2.75, 3.05) is 30.9 Å². The highest BCUT2D eigenvalue weighted by Crippen LogP contribution is 2.30. The van der Waals surface area contributed by atoms with Crippen molar-refractivity contribution < 1.29 is 38.4 Å². The predicted octanol–water partition coefficient (Wildman–Crippen LogP) is 4.86. The molecule has 0 aromatic heterocycles. The van der Waals surface area contributed by atoms with Crippen molar-refractivity contribution >= 4 is 36.2 Å². The van der Waals surface area contributed by atoms with Crippen LogP contribution in [0.3, 0.4) is 0 Å². The quantitative estimate of drug-likeness (QED) is 0.147. The summed E-state index contributed by atoms with van der Waals surface area (Å²) in [6.45, 7) is 1.40. The highest BCUT2D eigenvalue weighted by atomic mass is 32.1. The number of aliphatic hydroxyl groups excluding tert-OH is 1. The molecule has 1 amide bonds. The van der Waals surface area contributed by atoms with Crippen LogP contribution in [0, 0.1) is 0 Å². The molecule has 0 saturated carbocycles. The molecule has 0 aliphatic rings. The first-order valence-corrected chi connectivity index (χ1v) is 12.9. The molecule has 0 bridgehead atoms. The summed E-state index contributed by atoms with van der Waals surface area (Å²) in [5, 5.41) is 11.8. The van der Waals surface area contributed by atoms with Gasteiger partial charge in [-0.15, -0.1) is 0 Å². The first-order chi connectivity index (χ1) is 18.9. The van der Waals surface area contributed by atoms with Crippen molar-refractivity contribution in [3.05, 3.63) is 90.0 Å². The number of para-hydroxylation sites is 1. The van der Waals surface area contributed by atoms with Crippen LogP contribution >= 0.6 is 12.6 Å². The molecule has 3 aromatic carbocycles. The Labute approximate surface area is 232 Å². The molecule has 39 heavy (non-hydrogen) atoms. The molecule has 3 aromatic rings. The molecule has 0 aliphatic carbocycles. The van der Waals surface area contributed by atoms with Gasteiger partial charge in [0.15, 0.2) is 11.9 Å². The highest BCUT2D eigenvalue weighted by molar-refractivity contribution is 7.81. The summed E-state index contributed by atoms with van der Waals surface area (Å²) in [5.41, 5.74) is 1.51. The zero-order valence-electron chi connectivity index (χ0n) is 21.4. The van der Waals surface area contributed by atoms with Crippen LogP contribution in [0.5, 0.6) is 11.5 Å². The average molecular weight is 554 g/mol. The molecule has 2 N–H and O–H groups in total. The third-order valence-electron chi connectivity index (χ3n) is 5.48. The first-order valence-electron chi connectivity index (χ1n) is 12.3. The Bertz CT molecular complexity index is 1220. The Hall–Kier alpha value is -4.02. The van der Waals surface area contributed by atoms with Crippen molar-refractivity contribution in [3.8, 4) is 11.5 Å². The van der Waals surface area contributed by atoms with Gasteiger partial charge in [0.2, 0.25) is 0 Å². The number of aliphatic hydroxyl groups is 1. The second-order valence-corrected chi connectivity index (χ2v) is 8.68. The van der Waals surface area contributed by atoms with Gasteiger partial charge in [0, 0.05) is 17.7 Å². The molecule has 0 spiro atoms. The molecule has 206 valence electrons. The number of thiol groups is 1. The van der Waals surface area contributed by atoms with Crippen molar-refractivity contribution in [2.45, 2.75) is 25.6 Å². The standard InChI is InChI=1S/C29H31NO8S/c1-20(32)21-10-12-23(13-11-21)30-29(34)38-28(22-6-5-9-25(18-22)35-17-15-31)26(14-16-36-27(33)19-39)37-24-7-3-2-4-8-24/h2-13,18,26,28,31,39H,14-17,19H2,1H3,(H,30,34)/t26-,28-/m1/s1. The van der Waals surface area contributed by atoms with E-state index in [1.807, 2.05) is 18.2 Å². The average Bonchev–Trinajstić information content (AvgIpc) is 2.95. The smallest absolute Gasteiger partial charge is 0.412 e. The Morgan fingerprint density at radius 3 is 2.31 bits per heavy atom. The maximum atomic E-state index is 13.0. The highest BCUT2D eigenvalue weighted by Gasteiger charge is 2.30. The van der Waals surface area contributed by atoms with Gasteiger partial charge >= 0.3 is 12.1 Å². The van der Waals surface area contributed by atoms with Crippen LogP contribution in [0.25, 0.3) is 0 Å². The molecule has 10 heteroatoms. The molecular formula is C29H31NO8S. The lowest BCUT2D eigenvalue weighted by Gasteiger charge is -2.28. The lowest BCUT2D eigenvalue weighted by Crippen LogP contribution is -2.32. The zero-order chi connectivity index (χ0) is 28.0. The van der Waals surface area contributed by atoms with Crippen LogP contribution in [0.4, 0.5) is 10.5 Å². The minimum atomic E-state index is -0.950. The second-order valence-electron chi connectivity index (χ2n) is 8.37. The number of carbonyl (C=O) groups excluding carboxylic acids is 3. The maximum Gasteiger partial charge on any atom is 0.412 e. The summed E-state index contributed by atoms with van der Waals surface area (Å²) >= 11 is 3.93. The number of esters is 1. The monoisotopic (exact) mass is 553 g/mol. The number of hydrogen-bond acceptors (Lipinski definition) is 9.